The summed E-state index contributed by atoms with van der Waals surface area (Å²) in [6.45, 7) is 3.97. The van der Waals surface area contributed by atoms with Gasteiger partial charge in [0.15, 0.2) is 0 Å². The van der Waals surface area contributed by atoms with Gasteiger partial charge in [0.25, 0.3) is 5.91 Å². The van der Waals surface area contributed by atoms with Gasteiger partial charge in [0, 0.05) is 18.0 Å². The summed E-state index contributed by atoms with van der Waals surface area (Å²) < 4.78 is 0. The van der Waals surface area contributed by atoms with E-state index in [0.29, 0.717) is 5.56 Å². The Labute approximate surface area is 90.3 Å². The first kappa shape index (κ1) is 11.1. The smallest absolute Gasteiger partial charge is 0.254 e. The maximum atomic E-state index is 11.9. The van der Waals surface area contributed by atoms with E-state index in [4.69, 9.17) is 0 Å². The van der Waals surface area contributed by atoms with Crippen molar-refractivity contribution in [3.8, 4) is 0 Å². The zero-order valence-electron chi connectivity index (χ0n) is 8.69. The summed E-state index contributed by atoms with van der Waals surface area (Å²) in [6.07, 6.45) is 0. The van der Waals surface area contributed by atoms with Gasteiger partial charge in [-0.25, -0.2) is 0 Å². The average Bonchev–Trinajstić information content (AvgIpc) is 2.16. The zero-order chi connectivity index (χ0) is 10.7. The van der Waals surface area contributed by atoms with Gasteiger partial charge in [0.1, 0.15) is 0 Å². The predicted molar refractivity (Wildman–Crippen MR) is 60.9 cm³/mol. The Kier molecular flexibility index (Phi) is 3.58. The predicted octanol–water partition coefficient (Wildman–Crippen LogP) is 2.46. The number of rotatable bonds is 2. The number of hydrogen-bond acceptors (Lipinski definition) is 2. The maximum Gasteiger partial charge on any atom is 0.254 e. The molecule has 0 aromatic heterocycles. The van der Waals surface area contributed by atoms with Gasteiger partial charge in [-0.05, 0) is 26.0 Å². The number of amides is 1. The van der Waals surface area contributed by atoms with Gasteiger partial charge in [0.2, 0.25) is 0 Å². The van der Waals surface area contributed by atoms with Crippen LogP contribution in [0.15, 0.2) is 29.2 Å². The molecule has 0 radical (unpaired) electrons. The quantitative estimate of drug-likeness (QED) is 0.742. The molecule has 0 aliphatic carbocycles. The SMILES string of the molecule is CC(C)N(C)C(=O)c1ccccc1S. The van der Waals surface area contributed by atoms with E-state index in [0.717, 1.165) is 4.90 Å². The molecular weight excluding hydrogens is 194 g/mol. The highest BCUT2D eigenvalue weighted by atomic mass is 32.1. The first-order chi connectivity index (χ1) is 6.54. The lowest BCUT2D eigenvalue weighted by Crippen LogP contribution is -2.33. The highest BCUT2D eigenvalue weighted by molar-refractivity contribution is 7.80. The van der Waals surface area contributed by atoms with E-state index < -0.39 is 0 Å². The van der Waals surface area contributed by atoms with Gasteiger partial charge in [-0.3, -0.25) is 4.79 Å². The molecule has 0 heterocycles. The van der Waals surface area contributed by atoms with Gasteiger partial charge in [0.05, 0.1) is 5.56 Å². The summed E-state index contributed by atoms with van der Waals surface area (Å²) in [7, 11) is 1.80. The Morgan fingerprint density at radius 3 is 2.43 bits per heavy atom. The van der Waals surface area contributed by atoms with Crippen LogP contribution >= 0.6 is 12.6 Å². The zero-order valence-corrected chi connectivity index (χ0v) is 9.58. The third kappa shape index (κ3) is 2.29. The first-order valence-electron chi connectivity index (χ1n) is 4.59. The summed E-state index contributed by atoms with van der Waals surface area (Å²) in [5, 5.41) is 0. The number of nitrogens with zero attached hydrogens (tertiary/aromatic N) is 1. The van der Waals surface area contributed by atoms with Crippen LogP contribution in [0.4, 0.5) is 0 Å². The summed E-state index contributed by atoms with van der Waals surface area (Å²) in [5.41, 5.74) is 0.659. The van der Waals surface area contributed by atoms with E-state index >= 15 is 0 Å². The third-order valence-corrected chi connectivity index (χ3v) is 2.62. The molecule has 0 saturated heterocycles. The van der Waals surface area contributed by atoms with Crippen molar-refractivity contribution in [1.82, 2.24) is 4.90 Å². The lowest BCUT2D eigenvalue weighted by atomic mass is 10.2. The van der Waals surface area contributed by atoms with E-state index in [2.05, 4.69) is 12.6 Å². The fourth-order valence-electron chi connectivity index (χ4n) is 1.08. The molecule has 1 aromatic rings. The van der Waals surface area contributed by atoms with Gasteiger partial charge >= 0.3 is 0 Å². The molecule has 0 aliphatic heterocycles. The van der Waals surface area contributed by atoms with Crippen molar-refractivity contribution < 1.29 is 4.79 Å². The molecule has 14 heavy (non-hydrogen) atoms. The maximum absolute atomic E-state index is 11.9. The lowest BCUT2D eigenvalue weighted by Gasteiger charge is -2.22. The van der Waals surface area contributed by atoms with Crippen LogP contribution in [0.2, 0.25) is 0 Å². The topological polar surface area (TPSA) is 20.3 Å². The van der Waals surface area contributed by atoms with Gasteiger partial charge < -0.3 is 4.90 Å². The van der Waals surface area contributed by atoms with Crippen molar-refractivity contribution in [2.24, 2.45) is 0 Å². The molecule has 0 atom stereocenters. The molecule has 0 N–H and O–H groups in total. The molecule has 76 valence electrons. The molecule has 2 nitrogen and oxygen atoms in total. The standard InChI is InChI=1S/C11H15NOS/c1-8(2)12(3)11(13)9-6-4-5-7-10(9)14/h4-8,14H,1-3H3. The average molecular weight is 209 g/mol. The van der Waals surface area contributed by atoms with Crippen LogP contribution < -0.4 is 0 Å². The summed E-state index contributed by atoms with van der Waals surface area (Å²) in [6, 6.07) is 7.54. The lowest BCUT2D eigenvalue weighted by molar-refractivity contribution is 0.0751. The van der Waals surface area contributed by atoms with Crippen LogP contribution in [0.3, 0.4) is 0 Å². The van der Waals surface area contributed by atoms with Crippen molar-refractivity contribution in [2.45, 2.75) is 24.8 Å². The van der Waals surface area contributed by atoms with Crippen LogP contribution in [0.1, 0.15) is 24.2 Å². The summed E-state index contributed by atoms with van der Waals surface area (Å²) in [5.74, 6) is 0.0191. The fourth-order valence-corrected chi connectivity index (χ4v) is 1.34. The van der Waals surface area contributed by atoms with Crippen LogP contribution in [0.25, 0.3) is 0 Å². The molecule has 0 aliphatic rings. The Morgan fingerprint density at radius 1 is 1.36 bits per heavy atom. The van der Waals surface area contributed by atoms with E-state index in [9.17, 15) is 4.79 Å². The van der Waals surface area contributed by atoms with E-state index in [-0.39, 0.29) is 11.9 Å². The largest absolute Gasteiger partial charge is 0.339 e. The van der Waals surface area contributed by atoms with Crippen molar-refractivity contribution >= 4 is 18.5 Å². The second kappa shape index (κ2) is 4.51. The van der Waals surface area contributed by atoms with Crippen molar-refractivity contribution in [1.29, 1.82) is 0 Å². The first-order valence-corrected chi connectivity index (χ1v) is 5.04. The van der Waals surface area contributed by atoms with Gasteiger partial charge in [-0.15, -0.1) is 12.6 Å². The Morgan fingerprint density at radius 2 is 1.93 bits per heavy atom. The molecule has 1 rings (SSSR count). The molecule has 0 saturated carbocycles. The number of carbonyl (C=O) groups is 1. The molecular formula is C11H15NOS. The Hall–Kier alpha value is -0.960. The number of thiol groups is 1. The number of hydrogen-bond donors (Lipinski definition) is 1. The third-order valence-electron chi connectivity index (χ3n) is 2.23. The molecule has 1 aromatic carbocycles. The number of carbonyl (C=O) groups excluding carboxylic acids is 1. The molecule has 0 bridgehead atoms. The fraction of sp³-hybridized carbons (Fsp3) is 0.364. The number of benzene rings is 1. The minimum atomic E-state index is 0.0191. The van der Waals surface area contributed by atoms with Crippen molar-refractivity contribution in [2.75, 3.05) is 7.05 Å². The van der Waals surface area contributed by atoms with Crippen molar-refractivity contribution in [3.05, 3.63) is 29.8 Å². The van der Waals surface area contributed by atoms with Crippen LogP contribution in [-0.4, -0.2) is 23.9 Å². The Balaban J connectivity index is 2.95. The molecule has 0 unspecified atom stereocenters. The van der Waals surface area contributed by atoms with Gasteiger partial charge in [-0.2, -0.15) is 0 Å². The molecule has 0 fully saturated rings. The molecule has 1 amide bonds. The second-order valence-electron chi connectivity index (χ2n) is 3.53. The Bertz CT molecular complexity index is 336. The highest BCUT2D eigenvalue weighted by Crippen LogP contribution is 2.15. The van der Waals surface area contributed by atoms with Crippen molar-refractivity contribution in [3.63, 3.8) is 0 Å². The van der Waals surface area contributed by atoms with E-state index in [1.807, 2.05) is 32.0 Å². The van der Waals surface area contributed by atoms with E-state index in [1.54, 1.807) is 18.0 Å². The summed E-state index contributed by atoms with van der Waals surface area (Å²) >= 11 is 4.25. The molecule has 0 spiro atoms. The highest BCUT2D eigenvalue weighted by Gasteiger charge is 2.15. The summed E-state index contributed by atoms with van der Waals surface area (Å²) in [4.78, 5) is 14.3. The normalized spacial score (nSPS) is 10.4. The minimum absolute atomic E-state index is 0.0191. The molecule has 3 heteroatoms. The van der Waals surface area contributed by atoms with Crippen LogP contribution in [0, 0.1) is 0 Å². The van der Waals surface area contributed by atoms with Crippen LogP contribution in [0.5, 0.6) is 0 Å². The van der Waals surface area contributed by atoms with E-state index in [1.165, 1.54) is 0 Å². The minimum Gasteiger partial charge on any atom is -0.339 e. The monoisotopic (exact) mass is 209 g/mol. The van der Waals surface area contributed by atoms with Gasteiger partial charge in [-0.1, -0.05) is 12.1 Å². The second-order valence-corrected chi connectivity index (χ2v) is 4.01. The van der Waals surface area contributed by atoms with Crippen LogP contribution in [-0.2, 0) is 0 Å².